The molecule has 6 atom stereocenters. The van der Waals surface area contributed by atoms with Crippen LogP contribution in [0.5, 0.6) is 5.75 Å². The SMILES string of the molecule is COc1cc(=O)oc(/C=C/C=C/C=C/[C@@]2(C)O[C@]3(C)C(O)[C@@](C)(O[C@@H]3C)[C@@H]2O)c1C. The van der Waals surface area contributed by atoms with Crippen molar-refractivity contribution in [1.29, 1.82) is 0 Å². The molecule has 0 aliphatic carbocycles. The third kappa shape index (κ3) is 3.56. The highest BCUT2D eigenvalue weighted by Gasteiger charge is 2.70. The Hall–Kier alpha value is -2.19. The van der Waals surface area contributed by atoms with Crippen LogP contribution < -0.4 is 10.4 Å². The van der Waals surface area contributed by atoms with Gasteiger partial charge in [0.15, 0.2) is 0 Å². The van der Waals surface area contributed by atoms with E-state index in [-0.39, 0.29) is 6.10 Å². The number of ether oxygens (including phenoxy) is 3. The monoisotopic (exact) mass is 418 g/mol. The zero-order chi connectivity index (χ0) is 22.3. The van der Waals surface area contributed by atoms with E-state index in [1.54, 1.807) is 64.2 Å². The summed E-state index contributed by atoms with van der Waals surface area (Å²) >= 11 is 0. The van der Waals surface area contributed by atoms with Gasteiger partial charge in [-0.1, -0.05) is 30.4 Å². The van der Waals surface area contributed by atoms with Crippen LogP contribution in [0.2, 0.25) is 0 Å². The van der Waals surface area contributed by atoms with Gasteiger partial charge in [0, 0.05) is 5.56 Å². The summed E-state index contributed by atoms with van der Waals surface area (Å²) in [5.74, 6) is 0.893. The highest BCUT2D eigenvalue weighted by Crippen LogP contribution is 2.52. The molecule has 7 nitrogen and oxygen atoms in total. The van der Waals surface area contributed by atoms with E-state index in [4.69, 9.17) is 18.6 Å². The molecule has 164 valence electrons. The molecule has 30 heavy (non-hydrogen) atoms. The molecule has 0 aromatic carbocycles. The maximum absolute atomic E-state index is 11.6. The van der Waals surface area contributed by atoms with Crippen LogP contribution in [0.15, 0.2) is 45.7 Å². The largest absolute Gasteiger partial charge is 0.496 e. The standard InChI is InChI=1S/C23H30O7/c1-14-16(28-18(24)13-17(14)27-6)11-9-7-8-10-12-21(3)19(25)23(5)20(26)22(4,30-21)15(2)29-23/h7-13,15,19-20,25-26H,1-6H3/b8-7+,11-9+,12-10+/t15-,19-,20?,21-,22+,23+/m1/s1. The van der Waals surface area contributed by atoms with Gasteiger partial charge in [-0.2, -0.15) is 0 Å². The summed E-state index contributed by atoms with van der Waals surface area (Å²) in [7, 11) is 1.50. The lowest BCUT2D eigenvalue weighted by atomic mass is 9.73. The fourth-order valence-corrected chi connectivity index (χ4v) is 4.37. The van der Waals surface area contributed by atoms with Crippen LogP contribution in [0, 0.1) is 6.92 Å². The van der Waals surface area contributed by atoms with E-state index in [0.29, 0.717) is 11.5 Å². The van der Waals surface area contributed by atoms with Gasteiger partial charge in [-0.3, -0.25) is 0 Å². The molecule has 3 heterocycles. The van der Waals surface area contributed by atoms with Crippen LogP contribution in [-0.4, -0.2) is 52.4 Å². The number of aliphatic hydroxyl groups is 2. The van der Waals surface area contributed by atoms with Gasteiger partial charge in [-0.15, -0.1) is 0 Å². The maximum Gasteiger partial charge on any atom is 0.339 e. The first-order valence-corrected chi connectivity index (χ1v) is 9.93. The number of rotatable bonds is 5. The van der Waals surface area contributed by atoms with E-state index >= 15 is 0 Å². The molecule has 1 unspecified atom stereocenters. The third-order valence-corrected chi connectivity index (χ3v) is 6.28. The molecule has 2 N–H and O–H groups in total. The van der Waals surface area contributed by atoms with Crippen LogP contribution in [0.1, 0.15) is 39.0 Å². The average Bonchev–Trinajstić information content (AvgIpc) is 2.82. The smallest absolute Gasteiger partial charge is 0.339 e. The van der Waals surface area contributed by atoms with E-state index < -0.39 is 34.6 Å². The van der Waals surface area contributed by atoms with E-state index in [1.807, 2.05) is 6.92 Å². The average molecular weight is 418 g/mol. The summed E-state index contributed by atoms with van der Waals surface area (Å²) in [6.45, 7) is 8.92. The molecule has 0 saturated carbocycles. The lowest BCUT2D eigenvalue weighted by Crippen LogP contribution is -2.69. The second-order valence-electron chi connectivity index (χ2n) is 8.44. The fourth-order valence-electron chi connectivity index (χ4n) is 4.37. The molecule has 0 radical (unpaired) electrons. The van der Waals surface area contributed by atoms with E-state index in [0.717, 1.165) is 5.56 Å². The maximum atomic E-state index is 11.6. The number of hydrogen-bond acceptors (Lipinski definition) is 7. The number of allylic oxidation sites excluding steroid dienone is 4. The minimum absolute atomic E-state index is 0.360. The predicted molar refractivity (Wildman–Crippen MR) is 112 cm³/mol. The molecule has 2 fully saturated rings. The van der Waals surface area contributed by atoms with Crippen LogP contribution >= 0.6 is 0 Å². The topological polar surface area (TPSA) is 98.4 Å². The number of fused-ring (bicyclic) bond motifs is 2. The Kier molecular flexibility index (Phi) is 5.86. The molecular weight excluding hydrogens is 388 g/mol. The first-order valence-electron chi connectivity index (χ1n) is 9.93. The van der Waals surface area contributed by atoms with Crippen molar-refractivity contribution >= 4 is 6.08 Å². The molecule has 0 amide bonds. The quantitative estimate of drug-likeness (QED) is 0.709. The van der Waals surface area contributed by atoms with Crippen LogP contribution in [-0.2, 0) is 9.47 Å². The lowest BCUT2D eigenvalue weighted by Gasteiger charge is -2.51. The zero-order valence-electron chi connectivity index (χ0n) is 18.2. The molecule has 0 spiro atoms. The highest BCUT2D eigenvalue weighted by atomic mass is 16.6. The van der Waals surface area contributed by atoms with Gasteiger partial charge in [0.1, 0.15) is 40.5 Å². The molecule has 2 aliphatic rings. The number of methoxy groups -OCH3 is 1. The van der Waals surface area contributed by atoms with Crippen molar-refractivity contribution < 1.29 is 28.8 Å². The van der Waals surface area contributed by atoms with Crippen LogP contribution in [0.25, 0.3) is 6.08 Å². The third-order valence-electron chi connectivity index (χ3n) is 6.28. The Bertz CT molecular complexity index is 945. The van der Waals surface area contributed by atoms with E-state index in [9.17, 15) is 15.0 Å². The second-order valence-corrected chi connectivity index (χ2v) is 8.44. The Labute approximate surface area is 176 Å². The molecular formula is C23H30O7. The van der Waals surface area contributed by atoms with Crippen molar-refractivity contribution in [1.82, 2.24) is 0 Å². The van der Waals surface area contributed by atoms with Gasteiger partial charge in [-0.05, 0) is 40.7 Å². The van der Waals surface area contributed by atoms with Crippen molar-refractivity contribution in [3.8, 4) is 5.75 Å². The Morgan fingerprint density at radius 3 is 2.40 bits per heavy atom. The molecule has 1 aromatic heterocycles. The van der Waals surface area contributed by atoms with Crippen molar-refractivity contribution in [2.24, 2.45) is 0 Å². The second kappa shape index (κ2) is 7.81. The van der Waals surface area contributed by atoms with Crippen molar-refractivity contribution in [2.45, 2.75) is 69.7 Å². The normalized spacial score (nSPS) is 38.9. The first kappa shape index (κ1) is 22.5. The summed E-state index contributed by atoms with van der Waals surface area (Å²) in [6.07, 6.45) is 8.11. The van der Waals surface area contributed by atoms with Crippen molar-refractivity contribution in [3.05, 3.63) is 58.2 Å². The van der Waals surface area contributed by atoms with Gasteiger partial charge in [0.05, 0.1) is 19.3 Å². The van der Waals surface area contributed by atoms with Crippen LogP contribution in [0.3, 0.4) is 0 Å². The molecule has 2 saturated heterocycles. The summed E-state index contributed by atoms with van der Waals surface area (Å²) in [6, 6.07) is 1.30. The zero-order valence-corrected chi connectivity index (χ0v) is 18.2. The summed E-state index contributed by atoms with van der Waals surface area (Å²) in [4.78, 5) is 11.6. The van der Waals surface area contributed by atoms with E-state index in [1.165, 1.54) is 13.2 Å². The number of aliphatic hydroxyl groups excluding tert-OH is 2. The first-order chi connectivity index (χ1) is 14.0. The van der Waals surface area contributed by atoms with E-state index in [2.05, 4.69) is 0 Å². The van der Waals surface area contributed by atoms with Crippen LogP contribution in [0.4, 0.5) is 0 Å². The van der Waals surface area contributed by atoms with Gasteiger partial charge in [0.2, 0.25) is 0 Å². The fraction of sp³-hybridized carbons (Fsp3) is 0.522. The predicted octanol–water partition coefficient (Wildman–Crippen LogP) is 2.53. The highest BCUT2D eigenvalue weighted by molar-refractivity contribution is 5.52. The Morgan fingerprint density at radius 1 is 1.07 bits per heavy atom. The van der Waals surface area contributed by atoms with Crippen molar-refractivity contribution in [2.75, 3.05) is 7.11 Å². The molecule has 1 aromatic rings. The lowest BCUT2D eigenvalue weighted by molar-refractivity contribution is -0.261. The van der Waals surface area contributed by atoms with Gasteiger partial charge < -0.3 is 28.8 Å². The van der Waals surface area contributed by atoms with Crippen molar-refractivity contribution in [3.63, 3.8) is 0 Å². The number of hydrogen-bond donors (Lipinski definition) is 2. The summed E-state index contributed by atoms with van der Waals surface area (Å²) in [5.41, 5.74) is -2.81. The Balaban J connectivity index is 1.74. The molecule has 3 rings (SSSR count). The molecule has 2 aliphatic heterocycles. The molecule has 2 bridgehead atoms. The van der Waals surface area contributed by atoms with Gasteiger partial charge in [0.25, 0.3) is 0 Å². The van der Waals surface area contributed by atoms with Gasteiger partial charge in [-0.25, -0.2) is 4.79 Å². The minimum Gasteiger partial charge on any atom is -0.496 e. The summed E-state index contributed by atoms with van der Waals surface area (Å²) in [5, 5.41) is 21.5. The Morgan fingerprint density at radius 2 is 1.73 bits per heavy atom. The summed E-state index contributed by atoms with van der Waals surface area (Å²) < 4.78 is 22.4. The van der Waals surface area contributed by atoms with Gasteiger partial charge >= 0.3 is 5.63 Å². The molecule has 7 heteroatoms. The minimum atomic E-state index is -1.11.